The summed E-state index contributed by atoms with van der Waals surface area (Å²) in [6, 6.07) is 71.4. The summed E-state index contributed by atoms with van der Waals surface area (Å²) in [7, 11) is 0. The van der Waals surface area contributed by atoms with Crippen molar-refractivity contribution in [1.82, 2.24) is 0 Å². The second-order valence-corrected chi connectivity index (χ2v) is 25.0. The van der Waals surface area contributed by atoms with Crippen molar-refractivity contribution in [2.24, 2.45) is 29.6 Å². The van der Waals surface area contributed by atoms with Crippen molar-refractivity contribution in [1.29, 1.82) is 0 Å². The van der Waals surface area contributed by atoms with Crippen molar-refractivity contribution in [3.8, 4) is 22.3 Å². The molecule has 0 aromatic heterocycles. The molecule has 8 aromatic carbocycles. The SMILES string of the molecule is CC1(C)c2cc(-c3ccccc3)ccc2-c2ccc(N(c3ccc(C45CC6CC(CC(C6)C4)C5)cc3)c3cc4ccc3CCc3ccc(c(N(c5ccccc5)c5ccc(C6CC7CCC6C7)cc5)c3)CC4)cc21. The molecule has 2 nitrogen and oxygen atoms in total. The quantitative estimate of drug-likeness (QED) is 0.142. The van der Waals surface area contributed by atoms with E-state index in [-0.39, 0.29) is 5.41 Å². The van der Waals surface area contributed by atoms with Gasteiger partial charge in [0.1, 0.15) is 0 Å². The van der Waals surface area contributed by atoms with E-state index in [1.54, 1.807) is 11.1 Å². The largest absolute Gasteiger partial charge is 0.310 e. The van der Waals surface area contributed by atoms with Crippen molar-refractivity contribution in [2.45, 2.75) is 120 Å². The number of fused-ring (bicyclic) bond motifs is 5. The highest BCUT2D eigenvalue weighted by Crippen LogP contribution is 2.61. The summed E-state index contributed by atoms with van der Waals surface area (Å²) in [6.45, 7) is 4.88. The first-order chi connectivity index (χ1) is 36.3. The Kier molecular flexibility index (Phi) is 10.6. The molecule has 3 atom stereocenters. The third-order valence-corrected chi connectivity index (χ3v) is 20.3. The number of benzene rings is 8. The molecule has 0 heterocycles. The maximum atomic E-state index is 2.65. The Morgan fingerprint density at radius 2 is 0.946 bits per heavy atom. The van der Waals surface area contributed by atoms with Crippen LogP contribution in [0.3, 0.4) is 0 Å². The van der Waals surface area contributed by atoms with Gasteiger partial charge in [-0.3, -0.25) is 0 Å². The van der Waals surface area contributed by atoms with Crippen LogP contribution in [0.4, 0.5) is 34.1 Å². The van der Waals surface area contributed by atoms with Crippen LogP contribution in [0.2, 0.25) is 0 Å². The third kappa shape index (κ3) is 7.55. The lowest BCUT2D eigenvalue weighted by atomic mass is 9.48. The summed E-state index contributed by atoms with van der Waals surface area (Å²) in [5, 5.41) is 0. The van der Waals surface area contributed by atoms with Crippen LogP contribution < -0.4 is 9.80 Å². The minimum atomic E-state index is -0.157. The zero-order valence-electron chi connectivity index (χ0n) is 43.6. The van der Waals surface area contributed by atoms with E-state index in [1.807, 2.05) is 0 Å². The van der Waals surface area contributed by atoms with Crippen LogP contribution in [-0.2, 0) is 36.5 Å². The third-order valence-electron chi connectivity index (χ3n) is 20.3. The Labute approximate surface area is 440 Å². The minimum absolute atomic E-state index is 0.157. The number of nitrogens with zero attached hydrogens (tertiary/aromatic N) is 2. The topological polar surface area (TPSA) is 6.48 Å². The van der Waals surface area contributed by atoms with Gasteiger partial charge in [0.2, 0.25) is 0 Å². The molecule has 368 valence electrons. The van der Waals surface area contributed by atoms with Gasteiger partial charge in [-0.2, -0.15) is 0 Å². The van der Waals surface area contributed by atoms with Gasteiger partial charge in [0, 0.05) is 39.5 Å². The van der Waals surface area contributed by atoms with Gasteiger partial charge in [0.15, 0.2) is 0 Å². The van der Waals surface area contributed by atoms with Crippen LogP contribution in [-0.4, -0.2) is 0 Å². The molecule has 11 aliphatic carbocycles. The van der Waals surface area contributed by atoms with E-state index in [0.717, 1.165) is 61.2 Å². The first-order valence-corrected chi connectivity index (χ1v) is 28.7. The van der Waals surface area contributed by atoms with Gasteiger partial charge >= 0.3 is 0 Å². The van der Waals surface area contributed by atoms with Gasteiger partial charge in [-0.05, 0) is 258 Å². The molecule has 0 saturated heterocycles. The molecule has 11 aliphatic rings. The lowest BCUT2D eigenvalue weighted by Gasteiger charge is -2.57. The number of hydrogen-bond donors (Lipinski definition) is 0. The van der Waals surface area contributed by atoms with Gasteiger partial charge in [-0.1, -0.05) is 136 Å². The van der Waals surface area contributed by atoms with Crippen LogP contribution in [0.5, 0.6) is 0 Å². The van der Waals surface area contributed by atoms with Crippen LogP contribution >= 0.6 is 0 Å². The molecule has 6 saturated carbocycles. The van der Waals surface area contributed by atoms with Gasteiger partial charge in [0.05, 0.1) is 0 Å². The lowest BCUT2D eigenvalue weighted by molar-refractivity contribution is -0.00518. The molecule has 8 aromatic rings. The number of hydrogen-bond acceptors (Lipinski definition) is 2. The van der Waals surface area contributed by atoms with Crippen molar-refractivity contribution < 1.29 is 0 Å². The average molecular weight is 963 g/mol. The van der Waals surface area contributed by atoms with Crippen LogP contribution in [0.1, 0.15) is 128 Å². The van der Waals surface area contributed by atoms with Crippen molar-refractivity contribution >= 4 is 34.1 Å². The Balaban J connectivity index is 0.805. The number of rotatable bonds is 9. The first-order valence-electron chi connectivity index (χ1n) is 28.7. The number of anilines is 6. The predicted octanol–water partition coefficient (Wildman–Crippen LogP) is 18.9. The van der Waals surface area contributed by atoms with Crippen LogP contribution in [0, 0.1) is 29.6 Å². The summed E-state index contributed by atoms with van der Waals surface area (Å²) in [5.74, 6) is 5.33. The van der Waals surface area contributed by atoms with E-state index >= 15 is 0 Å². The number of para-hydroxylation sites is 1. The van der Waals surface area contributed by atoms with Gasteiger partial charge in [0.25, 0.3) is 0 Å². The lowest BCUT2D eigenvalue weighted by Crippen LogP contribution is -2.48. The average Bonchev–Trinajstić information content (AvgIpc) is 4.13. The summed E-state index contributed by atoms with van der Waals surface area (Å²) >= 11 is 0. The first kappa shape index (κ1) is 44.8. The van der Waals surface area contributed by atoms with Crippen LogP contribution in [0.25, 0.3) is 22.3 Å². The van der Waals surface area contributed by atoms with E-state index < -0.39 is 0 Å². The zero-order chi connectivity index (χ0) is 49.1. The maximum absolute atomic E-state index is 2.65. The second-order valence-electron chi connectivity index (χ2n) is 25.0. The molecular weight excluding hydrogens is 893 g/mol. The van der Waals surface area contributed by atoms with Crippen LogP contribution in [0.15, 0.2) is 182 Å². The molecule has 0 amide bonds. The van der Waals surface area contributed by atoms with E-state index in [2.05, 4.69) is 206 Å². The smallest absolute Gasteiger partial charge is 0.0496 e. The van der Waals surface area contributed by atoms with E-state index in [0.29, 0.717) is 5.41 Å². The van der Waals surface area contributed by atoms with E-state index in [4.69, 9.17) is 0 Å². The van der Waals surface area contributed by atoms with Crippen molar-refractivity contribution in [2.75, 3.05) is 9.80 Å². The molecule has 10 bridgehead atoms. The predicted molar refractivity (Wildman–Crippen MR) is 308 cm³/mol. The minimum Gasteiger partial charge on any atom is -0.310 e. The summed E-state index contributed by atoms with van der Waals surface area (Å²) < 4.78 is 0. The fourth-order valence-corrected chi connectivity index (χ4v) is 17.0. The fraction of sp³-hybridized carbons (Fsp3) is 0.333. The highest BCUT2D eigenvalue weighted by Gasteiger charge is 2.51. The summed E-state index contributed by atoms with van der Waals surface area (Å²) in [4.78, 5) is 5.20. The van der Waals surface area contributed by atoms with Gasteiger partial charge in [-0.15, -0.1) is 0 Å². The van der Waals surface area contributed by atoms with Gasteiger partial charge < -0.3 is 9.80 Å². The van der Waals surface area contributed by atoms with Crippen molar-refractivity contribution in [3.05, 3.63) is 226 Å². The Morgan fingerprint density at radius 1 is 0.405 bits per heavy atom. The summed E-state index contributed by atoms with van der Waals surface area (Å²) in [6.07, 6.45) is 18.1. The Morgan fingerprint density at radius 3 is 1.54 bits per heavy atom. The highest BCUT2D eigenvalue weighted by molar-refractivity contribution is 5.88. The number of aryl methyl sites for hydroxylation is 4. The monoisotopic (exact) mass is 963 g/mol. The maximum Gasteiger partial charge on any atom is 0.0496 e. The standard InChI is InChI=1S/C72H70N2/c1-71(2)67-42-57(53-9-5-3-6-10-53)25-33-64(67)65-34-32-63(43-68(65)71)74(62-30-26-59(27-31-62)72-44-50-35-51(45-72)37-52(36-50)46-72)70-41-48-14-19-55-18-13-47(15-20-56(70)21-16-48)40-69(55)73(60-11-7-4-8-12-60)61-28-23-54(24-29-61)66-39-49-17-22-58(66)38-49/h3-13,16,18,21,23-34,40-43,49-52,58,66H,14-15,17,19-20,22,35-39,44-46H2,1-2H3. The van der Waals surface area contributed by atoms with E-state index in [9.17, 15) is 0 Å². The molecule has 3 unspecified atom stereocenters. The molecule has 2 heteroatoms. The molecular formula is C72H70N2. The molecule has 19 rings (SSSR count). The summed E-state index contributed by atoms with van der Waals surface area (Å²) in [5.41, 5.74) is 24.6. The normalized spacial score (nSPS) is 25.4. The molecule has 74 heavy (non-hydrogen) atoms. The molecule has 6 fully saturated rings. The Hall–Kier alpha value is -6.64. The fourth-order valence-electron chi connectivity index (χ4n) is 17.0. The van der Waals surface area contributed by atoms with Crippen molar-refractivity contribution in [3.63, 3.8) is 0 Å². The highest BCUT2D eigenvalue weighted by atomic mass is 15.2. The van der Waals surface area contributed by atoms with E-state index in [1.165, 1.54) is 154 Å². The molecule has 0 N–H and O–H groups in total. The second kappa shape index (κ2) is 17.5. The Bertz CT molecular complexity index is 3380. The molecule has 0 spiro atoms. The van der Waals surface area contributed by atoms with Gasteiger partial charge in [-0.25, -0.2) is 0 Å². The zero-order valence-corrected chi connectivity index (χ0v) is 43.6. The molecule has 0 radical (unpaired) electrons. The molecule has 0 aliphatic heterocycles.